The van der Waals surface area contributed by atoms with Gasteiger partial charge in [-0.05, 0) is 38.1 Å². The molecule has 2 aromatic carbocycles. The number of carbonyl (C=O) groups excluding carboxylic acids is 2. The third-order valence-corrected chi connectivity index (χ3v) is 5.30. The molecule has 26 heavy (non-hydrogen) atoms. The highest BCUT2D eigenvalue weighted by Gasteiger charge is 2.37. The van der Waals surface area contributed by atoms with Gasteiger partial charge in [-0.3, -0.25) is 19.4 Å². The van der Waals surface area contributed by atoms with E-state index in [4.69, 9.17) is 0 Å². The number of anilines is 2. The van der Waals surface area contributed by atoms with E-state index in [9.17, 15) is 9.59 Å². The Morgan fingerprint density at radius 3 is 2.46 bits per heavy atom. The van der Waals surface area contributed by atoms with Crippen molar-refractivity contribution in [1.82, 2.24) is 4.90 Å². The molecule has 5 heteroatoms. The highest BCUT2D eigenvalue weighted by molar-refractivity contribution is 6.52. The molecule has 1 fully saturated rings. The number of fused-ring (bicyclic) bond motifs is 1. The van der Waals surface area contributed by atoms with Crippen molar-refractivity contribution in [3.8, 4) is 0 Å². The maximum Gasteiger partial charge on any atom is 0.300 e. The molecule has 0 aliphatic carbocycles. The van der Waals surface area contributed by atoms with Gasteiger partial charge < -0.3 is 4.90 Å². The first-order chi connectivity index (χ1) is 12.5. The topological polar surface area (TPSA) is 43.9 Å². The second-order valence-electron chi connectivity index (χ2n) is 7.18. The molecular weight excluding hydrogens is 326 g/mol. The van der Waals surface area contributed by atoms with Crippen LogP contribution in [0.5, 0.6) is 0 Å². The summed E-state index contributed by atoms with van der Waals surface area (Å²) in [7, 11) is 0. The number of carbonyl (C=O) groups is 2. The Kier molecular flexibility index (Phi) is 4.24. The van der Waals surface area contributed by atoms with E-state index in [0.717, 1.165) is 25.3 Å². The van der Waals surface area contributed by atoms with Crippen molar-refractivity contribution in [2.24, 2.45) is 0 Å². The number of Topliss-reactive ketones (excluding diaryl/α,β-unsaturated/α-hetero) is 1. The van der Waals surface area contributed by atoms with Crippen LogP contribution in [-0.4, -0.2) is 48.9 Å². The summed E-state index contributed by atoms with van der Waals surface area (Å²) in [6, 6.07) is 16.2. The molecule has 0 spiro atoms. The summed E-state index contributed by atoms with van der Waals surface area (Å²) in [5.74, 6) is -0.813. The highest BCUT2D eigenvalue weighted by Crippen LogP contribution is 2.29. The molecule has 0 aromatic heterocycles. The Morgan fingerprint density at radius 1 is 1.00 bits per heavy atom. The average Bonchev–Trinajstić information content (AvgIpc) is 2.88. The molecule has 4 rings (SSSR count). The standard InChI is InChI=1S/C21H23N3O2/c1-15-7-9-17(10-8-15)23-12-11-22(13-16(23)2)14-24-19-6-4-3-5-18(19)20(25)21(24)26/h3-10,16H,11-14H2,1-2H3. The Morgan fingerprint density at radius 2 is 1.73 bits per heavy atom. The van der Waals surface area contributed by atoms with E-state index in [2.05, 4.69) is 47.9 Å². The Balaban J connectivity index is 1.46. The minimum atomic E-state index is -0.417. The molecule has 2 aliphatic heterocycles. The van der Waals surface area contributed by atoms with Crippen LogP contribution in [0.4, 0.5) is 11.4 Å². The SMILES string of the molecule is Cc1ccc(N2CCN(CN3C(=O)C(=O)c4ccccc43)CC2C)cc1. The number of piperazine rings is 1. The molecule has 1 saturated heterocycles. The van der Waals surface area contributed by atoms with Crippen molar-refractivity contribution >= 4 is 23.1 Å². The fourth-order valence-electron chi connectivity index (χ4n) is 3.87. The third-order valence-electron chi connectivity index (χ3n) is 5.30. The zero-order chi connectivity index (χ0) is 18.3. The summed E-state index contributed by atoms with van der Waals surface area (Å²) in [5, 5.41) is 0. The molecule has 1 amide bonds. The smallest absolute Gasteiger partial charge is 0.300 e. The van der Waals surface area contributed by atoms with Crippen LogP contribution >= 0.6 is 0 Å². The van der Waals surface area contributed by atoms with Gasteiger partial charge >= 0.3 is 5.91 Å². The van der Waals surface area contributed by atoms with Crippen LogP contribution in [0, 0.1) is 6.92 Å². The van der Waals surface area contributed by atoms with Crippen LogP contribution in [0.15, 0.2) is 48.5 Å². The predicted molar refractivity (Wildman–Crippen MR) is 103 cm³/mol. The lowest BCUT2D eigenvalue weighted by atomic mass is 10.1. The quantitative estimate of drug-likeness (QED) is 0.799. The lowest BCUT2D eigenvalue weighted by Crippen LogP contribution is -2.55. The van der Waals surface area contributed by atoms with Crippen molar-refractivity contribution in [1.29, 1.82) is 0 Å². The minimum Gasteiger partial charge on any atom is -0.366 e. The molecule has 0 bridgehead atoms. The first-order valence-electron chi connectivity index (χ1n) is 9.05. The maximum absolute atomic E-state index is 12.4. The summed E-state index contributed by atoms with van der Waals surface area (Å²) in [5.41, 5.74) is 3.75. The number of amides is 1. The number of para-hydroxylation sites is 1. The third kappa shape index (κ3) is 2.88. The van der Waals surface area contributed by atoms with E-state index in [0.29, 0.717) is 18.3 Å². The number of rotatable bonds is 3. The molecular formula is C21H23N3O2. The molecule has 0 radical (unpaired) electrons. The van der Waals surface area contributed by atoms with Crippen LogP contribution in [0.25, 0.3) is 0 Å². The minimum absolute atomic E-state index is 0.343. The Hall–Kier alpha value is -2.66. The monoisotopic (exact) mass is 349 g/mol. The molecule has 0 saturated carbocycles. The van der Waals surface area contributed by atoms with E-state index in [-0.39, 0.29) is 0 Å². The number of nitrogens with zero attached hydrogens (tertiary/aromatic N) is 3. The first kappa shape index (κ1) is 16.8. The van der Waals surface area contributed by atoms with Crippen LogP contribution in [-0.2, 0) is 4.79 Å². The van der Waals surface area contributed by atoms with E-state index in [1.807, 2.05) is 12.1 Å². The molecule has 2 aliphatic rings. The van der Waals surface area contributed by atoms with Gasteiger partial charge in [0.15, 0.2) is 0 Å². The van der Waals surface area contributed by atoms with Crippen molar-refractivity contribution in [2.75, 3.05) is 36.1 Å². The van der Waals surface area contributed by atoms with Gasteiger partial charge in [0.2, 0.25) is 0 Å². The zero-order valence-electron chi connectivity index (χ0n) is 15.2. The van der Waals surface area contributed by atoms with Gasteiger partial charge in [-0.25, -0.2) is 0 Å². The Labute approximate surface area is 153 Å². The predicted octanol–water partition coefficient (Wildman–Crippen LogP) is 2.69. The maximum atomic E-state index is 12.4. The molecule has 1 unspecified atom stereocenters. The van der Waals surface area contributed by atoms with Crippen LogP contribution in [0.3, 0.4) is 0 Å². The highest BCUT2D eigenvalue weighted by atomic mass is 16.2. The molecule has 2 heterocycles. The van der Waals surface area contributed by atoms with Crippen LogP contribution in [0.2, 0.25) is 0 Å². The van der Waals surface area contributed by atoms with Crippen molar-refractivity contribution in [3.63, 3.8) is 0 Å². The van der Waals surface area contributed by atoms with Crippen LogP contribution in [0.1, 0.15) is 22.8 Å². The van der Waals surface area contributed by atoms with Crippen molar-refractivity contribution in [2.45, 2.75) is 19.9 Å². The van der Waals surface area contributed by atoms with Gasteiger partial charge in [-0.1, -0.05) is 29.8 Å². The molecule has 5 nitrogen and oxygen atoms in total. The zero-order valence-corrected chi connectivity index (χ0v) is 15.2. The lowest BCUT2D eigenvalue weighted by Gasteiger charge is -2.42. The second kappa shape index (κ2) is 6.57. The van der Waals surface area contributed by atoms with Crippen molar-refractivity contribution in [3.05, 3.63) is 59.7 Å². The Bertz CT molecular complexity index is 847. The average molecular weight is 349 g/mol. The number of benzene rings is 2. The van der Waals surface area contributed by atoms with Crippen molar-refractivity contribution < 1.29 is 9.59 Å². The van der Waals surface area contributed by atoms with Gasteiger partial charge in [0.25, 0.3) is 5.78 Å². The second-order valence-corrected chi connectivity index (χ2v) is 7.18. The normalized spacial score (nSPS) is 20.6. The molecule has 134 valence electrons. The largest absolute Gasteiger partial charge is 0.366 e. The fraction of sp³-hybridized carbons (Fsp3) is 0.333. The van der Waals surface area contributed by atoms with Gasteiger partial charge in [-0.2, -0.15) is 0 Å². The van der Waals surface area contributed by atoms with Gasteiger partial charge in [-0.15, -0.1) is 0 Å². The van der Waals surface area contributed by atoms with Crippen LogP contribution < -0.4 is 9.80 Å². The summed E-state index contributed by atoms with van der Waals surface area (Å²) in [6.07, 6.45) is 0. The fourth-order valence-corrected chi connectivity index (χ4v) is 3.87. The van der Waals surface area contributed by atoms with E-state index >= 15 is 0 Å². The van der Waals surface area contributed by atoms with Gasteiger partial charge in [0.05, 0.1) is 17.9 Å². The summed E-state index contributed by atoms with van der Waals surface area (Å²) in [6.45, 7) is 7.39. The molecule has 1 atom stereocenters. The van der Waals surface area contributed by atoms with E-state index in [1.165, 1.54) is 11.3 Å². The molecule has 2 aromatic rings. The van der Waals surface area contributed by atoms with Gasteiger partial charge in [0, 0.05) is 31.4 Å². The first-order valence-corrected chi connectivity index (χ1v) is 9.05. The summed E-state index contributed by atoms with van der Waals surface area (Å²) < 4.78 is 0. The number of ketones is 1. The van der Waals surface area contributed by atoms with E-state index in [1.54, 1.807) is 17.0 Å². The van der Waals surface area contributed by atoms with Gasteiger partial charge in [0.1, 0.15) is 0 Å². The lowest BCUT2D eigenvalue weighted by molar-refractivity contribution is -0.114. The number of aryl methyl sites for hydroxylation is 1. The number of hydrogen-bond donors (Lipinski definition) is 0. The van der Waals surface area contributed by atoms with E-state index < -0.39 is 11.7 Å². The molecule has 0 N–H and O–H groups in total. The summed E-state index contributed by atoms with van der Waals surface area (Å²) in [4.78, 5) is 30.8. The number of hydrogen-bond acceptors (Lipinski definition) is 4. The summed E-state index contributed by atoms with van der Waals surface area (Å²) >= 11 is 0.